The summed E-state index contributed by atoms with van der Waals surface area (Å²) in [4.78, 5) is 19.0. The summed E-state index contributed by atoms with van der Waals surface area (Å²) < 4.78 is 13.3. The van der Waals surface area contributed by atoms with Crippen LogP contribution < -0.4 is 0 Å². The van der Waals surface area contributed by atoms with Crippen molar-refractivity contribution in [1.29, 1.82) is 0 Å². The minimum atomic E-state index is -0.775. The Morgan fingerprint density at radius 2 is 1.92 bits per heavy atom. The Hall–Kier alpha value is -2.49. The van der Waals surface area contributed by atoms with E-state index in [4.69, 9.17) is 0 Å². The first-order chi connectivity index (χ1) is 12.1. The van der Waals surface area contributed by atoms with Crippen molar-refractivity contribution >= 4 is 11.5 Å². The molecule has 0 radical (unpaired) electrons. The Kier molecular flexibility index (Phi) is 4.12. The number of rotatable bonds is 2. The molecule has 25 heavy (non-hydrogen) atoms. The molecule has 2 heterocycles. The van der Waals surface area contributed by atoms with Gasteiger partial charge in [0.1, 0.15) is 6.17 Å². The molecule has 0 bridgehead atoms. The standard InChI is InChI=1S/C21H21FN2O/c1-14-2-4-15(5-3-14)19-7-6-16-12-17(13-23-20(16)19)21(25)24-10-8-18(22)9-11-24/h2-5,7,12-13,18H,6,8-11H2,1H3. The van der Waals surface area contributed by atoms with Crippen molar-refractivity contribution in [3.63, 3.8) is 0 Å². The van der Waals surface area contributed by atoms with Crippen LogP contribution in [0.4, 0.5) is 4.39 Å². The lowest BCUT2D eigenvalue weighted by molar-refractivity contribution is 0.0666. The molecule has 4 rings (SSSR count). The smallest absolute Gasteiger partial charge is 0.255 e. The van der Waals surface area contributed by atoms with E-state index in [1.54, 1.807) is 11.1 Å². The SMILES string of the molecule is Cc1ccc(C2=CCc3cc(C(=O)N4CCC(F)CC4)cnc32)cc1. The van der Waals surface area contributed by atoms with Gasteiger partial charge in [-0.15, -0.1) is 0 Å². The average Bonchev–Trinajstić information content (AvgIpc) is 3.05. The van der Waals surface area contributed by atoms with Crippen LogP contribution in [-0.4, -0.2) is 35.1 Å². The van der Waals surface area contributed by atoms with Crippen LogP contribution in [0.3, 0.4) is 0 Å². The highest BCUT2D eigenvalue weighted by Crippen LogP contribution is 2.32. The van der Waals surface area contributed by atoms with E-state index in [2.05, 4.69) is 42.2 Å². The molecule has 1 aromatic carbocycles. The molecular formula is C21H21FN2O. The molecule has 3 nitrogen and oxygen atoms in total. The number of aromatic nitrogens is 1. The lowest BCUT2D eigenvalue weighted by Crippen LogP contribution is -2.39. The van der Waals surface area contributed by atoms with Gasteiger partial charge in [0.2, 0.25) is 0 Å². The number of hydrogen-bond donors (Lipinski definition) is 0. The van der Waals surface area contributed by atoms with Gasteiger partial charge < -0.3 is 4.90 Å². The summed E-state index contributed by atoms with van der Waals surface area (Å²) in [6.45, 7) is 3.05. The van der Waals surface area contributed by atoms with Crippen molar-refractivity contribution < 1.29 is 9.18 Å². The molecule has 0 unspecified atom stereocenters. The summed E-state index contributed by atoms with van der Waals surface area (Å²) in [7, 11) is 0. The maximum atomic E-state index is 13.3. The molecule has 1 saturated heterocycles. The molecule has 0 N–H and O–H groups in total. The van der Waals surface area contributed by atoms with E-state index in [0.717, 1.165) is 28.8 Å². The minimum Gasteiger partial charge on any atom is -0.338 e. The van der Waals surface area contributed by atoms with Crippen LogP contribution in [0.1, 0.15) is 45.6 Å². The van der Waals surface area contributed by atoms with E-state index in [0.29, 0.717) is 31.5 Å². The Bertz CT molecular complexity index is 833. The lowest BCUT2D eigenvalue weighted by Gasteiger charge is -2.28. The Labute approximate surface area is 147 Å². The number of benzene rings is 1. The fraction of sp³-hybridized carbons (Fsp3) is 0.333. The van der Waals surface area contributed by atoms with E-state index in [-0.39, 0.29) is 5.91 Å². The van der Waals surface area contributed by atoms with Crippen molar-refractivity contribution in [2.24, 2.45) is 0 Å². The second-order valence-electron chi connectivity index (χ2n) is 6.89. The first-order valence-corrected chi connectivity index (χ1v) is 8.81. The topological polar surface area (TPSA) is 33.2 Å². The van der Waals surface area contributed by atoms with Crippen molar-refractivity contribution in [3.05, 3.63) is 70.6 Å². The van der Waals surface area contributed by atoms with Crippen LogP contribution in [0.5, 0.6) is 0 Å². The number of amides is 1. The van der Waals surface area contributed by atoms with Gasteiger partial charge >= 0.3 is 0 Å². The second kappa shape index (κ2) is 6.43. The highest BCUT2D eigenvalue weighted by atomic mass is 19.1. The summed E-state index contributed by atoms with van der Waals surface area (Å²) in [5.41, 5.74) is 6.17. The van der Waals surface area contributed by atoms with Gasteiger partial charge in [-0.1, -0.05) is 35.9 Å². The number of fused-ring (bicyclic) bond motifs is 1. The third kappa shape index (κ3) is 3.09. The predicted octanol–water partition coefficient (Wildman–Crippen LogP) is 3.95. The molecule has 4 heteroatoms. The Morgan fingerprint density at radius 1 is 1.20 bits per heavy atom. The number of hydrogen-bond acceptors (Lipinski definition) is 2. The van der Waals surface area contributed by atoms with Gasteiger partial charge in [-0.25, -0.2) is 4.39 Å². The Balaban J connectivity index is 1.56. The molecule has 1 aromatic heterocycles. The summed E-state index contributed by atoms with van der Waals surface area (Å²) in [5, 5.41) is 0. The van der Waals surface area contributed by atoms with Gasteiger partial charge in [-0.05, 0) is 43.4 Å². The number of likely N-dealkylation sites (tertiary alicyclic amines) is 1. The monoisotopic (exact) mass is 336 g/mol. The van der Waals surface area contributed by atoms with Crippen LogP contribution in [0.15, 0.2) is 42.6 Å². The van der Waals surface area contributed by atoms with Gasteiger partial charge in [0.05, 0.1) is 11.3 Å². The maximum Gasteiger partial charge on any atom is 0.255 e. The number of nitrogens with zero attached hydrogens (tertiary/aromatic N) is 2. The number of allylic oxidation sites excluding steroid dienone is 1. The number of aryl methyl sites for hydroxylation is 1. The predicted molar refractivity (Wildman–Crippen MR) is 96.2 cm³/mol. The minimum absolute atomic E-state index is 0.0361. The summed E-state index contributed by atoms with van der Waals surface area (Å²) in [6.07, 6.45) is 4.72. The van der Waals surface area contributed by atoms with Crippen LogP contribution in [-0.2, 0) is 6.42 Å². The molecule has 128 valence electrons. The molecule has 1 aliphatic carbocycles. The molecule has 2 aliphatic rings. The van der Waals surface area contributed by atoms with Crippen molar-refractivity contribution in [3.8, 4) is 0 Å². The summed E-state index contributed by atoms with van der Waals surface area (Å²) in [5.74, 6) is -0.0361. The zero-order valence-corrected chi connectivity index (χ0v) is 14.3. The maximum absolute atomic E-state index is 13.3. The number of piperidine rings is 1. The molecular weight excluding hydrogens is 315 g/mol. The number of alkyl halides is 1. The lowest BCUT2D eigenvalue weighted by atomic mass is 10.0. The van der Waals surface area contributed by atoms with Gasteiger partial charge in [-0.2, -0.15) is 0 Å². The van der Waals surface area contributed by atoms with Gasteiger partial charge in [-0.3, -0.25) is 9.78 Å². The van der Waals surface area contributed by atoms with Crippen LogP contribution in [0.25, 0.3) is 5.57 Å². The first kappa shape index (κ1) is 16.0. The number of pyridine rings is 1. The highest BCUT2D eigenvalue weighted by Gasteiger charge is 2.25. The first-order valence-electron chi connectivity index (χ1n) is 8.81. The molecule has 0 atom stereocenters. The van der Waals surface area contributed by atoms with E-state index in [9.17, 15) is 9.18 Å². The van der Waals surface area contributed by atoms with E-state index < -0.39 is 6.17 Å². The van der Waals surface area contributed by atoms with Crippen LogP contribution in [0.2, 0.25) is 0 Å². The number of carbonyl (C=O) groups is 1. The van der Waals surface area contributed by atoms with Crippen LogP contribution >= 0.6 is 0 Å². The molecule has 1 amide bonds. The number of halogens is 1. The fourth-order valence-electron chi connectivity index (χ4n) is 3.56. The average molecular weight is 336 g/mol. The zero-order valence-electron chi connectivity index (χ0n) is 14.3. The van der Waals surface area contributed by atoms with E-state index in [1.807, 2.05) is 6.07 Å². The van der Waals surface area contributed by atoms with Crippen LogP contribution in [0, 0.1) is 6.92 Å². The normalized spacial score (nSPS) is 17.4. The van der Waals surface area contributed by atoms with Crippen molar-refractivity contribution in [2.45, 2.75) is 32.4 Å². The summed E-state index contributed by atoms with van der Waals surface area (Å²) >= 11 is 0. The second-order valence-corrected chi connectivity index (χ2v) is 6.89. The quantitative estimate of drug-likeness (QED) is 0.832. The highest BCUT2D eigenvalue weighted by molar-refractivity contribution is 5.95. The molecule has 1 fully saturated rings. The fourth-order valence-corrected chi connectivity index (χ4v) is 3.56. The van der Waals surface area contributed by atoms with Gasteiger partial charge in [0.25, 0.3) is 5.91 Å². The van der Waals surface area contributed by atoms with Gasteiger partial charge in [0, 0.05) is 24.9 Å². The largest absolute Gasteiger partial charge is 0.338 e. The van der Waals surface area contributed by atoms with E-state index in [1.165, 1.54) is 5.56 Å². The third-order valence-electron chi connectivity index (χ3n) is 5.07. The molecule has 2 aromatic rings. The van der Waals surface area contributed by atoms with Gasteiger partial charge in [0.15, 0.2) is 0 Å². The third-order valence-corrected chi connectivity index (χ3v) is 5.07. The van der Waals surface area contributed by atoms with Crippen molar-refractivity contribution in [2.75, 3.05) is 13.1 Å². The van der Waals surface area contributed by atoms with E-state index >= 15 is 0 Å². The number of carbonyl (C=O) groups excluding carboxylic acids is 1. The Morgan fingerprint density at radius 3 is 2.64 bits per heavy atom. The molecule has 1 aliphatic heterocycles. The summed E-state index contributed by atoms with van der Waals surface area (Å²) in [6, 6.07) is 10.4. The van der Waals surface area contributed by atoms with Crippen molar-refractivity contribution in [1.82, 2.24) is 9.88 Å². The molecule has 0 spiro atoms. The zero-order chi connectivity index (χ0) is 17.4. The molecule has 0 saturated carbocycles.